The van der Waals surface area contributed by atoms with E-state index in [1.54, 1.807) is 24.3 Å². The molecule has 0 bridgehead atoms. The first-order chi connectivity index (χ1) is 11.0. The first-order valence-corrected chi connectivity index (χ1v) is 7.25. The number of carbonyl (C=O) groups is 2. The molecular formula is C15H10Cl2N2O4. The van der Waals surface area contributed by atoms with Crippen molar-refractivity contribution < 1.29 is 19.1 Å². The van der Waals surface area contributed by atoms with E-state index in [2.05, 4.69) is 10.6 Å². The molecule has 0 aliphatic carbocycles. The van der Waals surface area contributed by atoms with E-state index in [1.807, 2.05) is 0 Å². The van der Waals surface area contributed by atoms with Gasteiger partial charge in [-0.2, -0.15) is 0 Å². The Balaban J connectivity index is 1.67. The minimum Gasteiger partial charge on any atom is -0.454 e. The number of anilines is 2. The van der Waals surface area contributed by atoms with Crippen LogP contribution >= 0.6 is 23.2 Å². The molecule has 1 aliphatic rings. The van der Waals surface area contributed by atoms with Gasteiger partial charge in [0.25, 0.3) is 0 Å². The highest BCUT2D eigenvalue weighted by atomic mass is 35.5. The summed E-state index contributed by atoms with van der Waals surface area (Å²) >= 11 is 11.7. The number of fused-ring (bicyclic) bond motifs is 1. The molecule has 2 aromatic rings. The van der Waals surface area contributed by atoms with Gasteiger partial charge in [0.05, 0.1) is 10.7 Å². The van der Waals surface area contributed by atoms with Gasteiger partial charge in [0, 0.05) is 16.8 Å². The zero-order valence-corrected chi connectivity index (χ0v) is 13.1. The van der Waals surface area contributed by atoms with E-state index in [0.717, 1.165) is 0 Å². The van der Waals surface area contributed by atoms with Crippen molar-refractivity contribution in [1.29, 1.82) is 0 Å². The van der Waals surface area contributed by atoms with E-state index in [4.69, 9.17) is 32.7 Å². The summed E-state index contributed by atoms with van der Waals surface area (Å²) in [6, 6.07) is 9.35. The lowest BCUT2D eigenvalue weighted by Gasteiger charge is -2.08. The Morgan fingerprint density at radius 1 is 0.913 bits per heavy atom. The zero-order chi connectivity index (χ0) is 16.4. The van der Waals surface area contributed by atoms with Crippen LogP contribution in [0.25, 0.3) is 0 Å². The van der Waals surface area contributed by atoms with Gasteiger partial charge in [0.1, 0.15) is 0 Å². The highest BCUT2D eigenvalue weighted by Gasteiger charge is 2.18. The lowest BCUT2D eigenvalue weighted by Crippen LogP contribution is -2.29. The summed E-state index contributed by atoms with van der Waals surface area (Å²) in [7, 11) is 0. The van der Waals surface area contributed by atoms with Crippen LogP contribution in [0, 0.1) is 0 Å². The summed E-state index contributed by atoms with van der Waals surface area (Å²) in [6.45, 7) is 0.127. The molecule has 3 rings (SSSR count). The number of ether oxygens (including phenoxy) is 2. The molecule has 0 atom stereocenters. The Morgan fingerprint density at radius 3 is 2.43 bits per heavy atom. The smallest absolute Gasteiger partial charge is 0.314 e. The van der Waals surface area contributed by atoms with Gasteiger partial charge in [-0.1, -0.05) is 23.2 Å². The highest BCUT2D eigenvalue weighted by molar-refractivity contribution is 6.45. The maximum Gasteiger partial charge on any atom is 0.314 e. The summed E-state index contributed by atoms with van der Waals surface area (Å²) in [4.78, 5) is 23.8. The predicted octanol–water partition coefficient (Wildman–Crippen LogP) is 3.30. The number of benzene rings is 2. The summed E-state index contributed by atoms with van der Waals surface area (Å²) in [5.41, 5.74) is 0.707. The zero-order valence-electron chi connectivity index (χ0n) is 11.6. The Morgan fingerprint density at radius 2 is 1.65 bits per heavy atom. The molecule has 0 unspecified atom stereocenters. The largest absolute Gasteiger partial charge is 0.454 e. The number of halogens is 2. The second kappa shape index (κ2) is 6.36. The molecule has 2 aromatic carbocycles. The second-order valence-corrected chi connectivity index (χ2v) is 5.44. The van der Waals surface area contributed by atoms with Crippen molar-refractivity contribution in [3.63, 3.8) is 0 Å². The van der Waals surface area contributed by atoms with Gasteiger partial charge in [-0.05, 0) is 30.3 Å². The lowest BCUT2D eigenvalue weighted by molar-refractivity contribution is -0.132. The molecule has 0 saturated carbocycles. The Hall–Kier alpha value is -2.44. The van der Waals surface area contributed by atoms with Crippen LogP contribution in [-0.2, 0) is 9.59 Å². The molecule has 0 spiro atoms. The average molecular weight is 353 g/mol. The van der Waals surface area contributed by atoms with Crippen LogP contribution in [0.3, 0.4) is 0 Å². The number of carbonyl (C=O) groups excluding carboxylic acids is 2. The normalized spacial score (nSPS) is 11.9. The summed E-state index contributed by atoms with van der Waals surface area (Å²) in [6.07, 6.45) is 0. The molecule has 23 heavy (non-hydrogen) atoms. The standard InChI is InChI=1S/C15H10Cl2N2O4/c16-8-1-3-11(10(17)5-8)19-15(21)14(20)18-9-2-4-12-13(6-9)23-7-22-12/h1-6H,7H2,(H,18,20)(H,19,21). The van der Waals surface area contributed by atoms with Gasteiger partial charge in [-0.25, -0.2) is 0 Å². The highest BCUT2D eigenvalue weighted by Crippen LogP contribution is 2.34. The molecule has 2 amide bonds. The molecular weight excluding hydrogens is 343 g/mol. The number of rotatable bonds is 2. The molecule has 118 valence electrons. The van der Waals surface area contributed by atoms with E-state index < -0.39 is 11.8 Å². The minimum absolute atomic E-state index is 0.127. The second-order valence-electron chi connectivity index (χ2n) is 4.60. The van der Waals surface area contributed by atoms with Crippen molar-refractivity contribution in [2.75, 3.05) is 17.4 Å². The number of hydrogen-bond acceptors (Lipinski definition) is 4. The van der Waals surface area contributed by atoms with Gasteiger partial charge in [0.2, 0.25) is 6.79 Å². The molecule has 1 aliphatic heterocycles. The van der Waals surface area contributed by atoms with Crippen molar-refractivity contribution in [3.05, 3.63) is 46.4 Å². The van der Waals surface area contributed by atoms with Gasteiger partial charge >= 0.3 is 11.8 Å². The quantitative estimate of drug-likeness (QED) is 0.813. The van der Waals surface area contributed by atoms with Gasteiger partial charge < -0.3 is 20.1 Å². The fourth-order valence-corrected chi connectivity index (χ4v) is 2.39. The fraction of sp³-hybridized carbons (Fsp3) is 0.0667. The molecule has 0 aromatic heterocycles. The maximum absolute atomic E-state index is 11.9. The third-order valence-electron chi connectivity index (χ3n) is 3.02. The number of hydrogen-bond donors (Lipinski definition) is 2. The van der Waals surface area contributed by atoms with Crippen LogP contribution in [0.2, 0.25) is 10.0 Å². The van der Waals surface area contributed by atoms with Crippen LogP contribution in [0.5, 0.6) is 11.5 Å². The average Bonchev–Trinajstić information content (AvgIpc) is 2.97. The first kappa shape index (κ1) is 15.5. The van der Waals surface area contributed by atoms with E-state index in [9.17, 15) is 9.59 Å². The Labute approximate surface area is 141 Å². The molecule has 0 fully saturated rings. The molecule has 6 nitrogen and oxygen atoms in total. The Bertz CT molecular complexity index is 795. The SMILES string of the molecule is O=C(Nc1ccc2c(c1)OCO2)C(=O)Nc1ccc(Cl)cc1Cl. The van der Waals surface area contributed by atoms with E-state index in [1.165, 1.54) is 12.1 Å². The fourth-order valence-electron chi connectivity index (χ4n) is 1.93. The minimum atomic E-state index is -0.855. The van der Waals surface area contributed by atoms with Crippen LogP contribution in [0.15, 0.2) is 36.4 Å². The summed E-state index contributed by atoms with van der Waals surface area (Å²) in [5.74, 6) is -0.605. The predicted molar refractivity (Wildman–Crippen MR) is 86.3 cm³/mol. The lowest BCUT2D eigenvalue weighted by atomic mass is 10.2. The Kier molecular flexibility index (Phi) is 4.27. The van der Waals surface area contributed by atoms with Gasteiger partial charge in [-0.3, -0.25) is 9.59 Å². The van der Waals surface area contributed by atoms with Crippen molar-refractivity contribution in [2.45, 2.75) is 0 Å². The van der Waals surface area contributed by atoms with E-state index in [-0.39, 0.29) is 11.8 Å². The van der Waals surface area contributed by atoms with E-state index >= 15 is 0 Å². The number of amides is 2. The van der Waals surface area contributed by atoms with Crippen molar-refractivity contribution in [3.8, 4) is 11.5 Å². The van der Waals surface area contributed by atoms with E-state index in [0.29, 0.717) is 27.9 Å². The van der Waals surface area contributed by atoms with Gasteiger partial charge in [0.15, 0.2) is 11.5 Å². The summed E-state index contributed by atoms with van der Waals surface area (Å²) < 4.78 is 10.4. The van der Waals surface area contributed by atoms with Crippen molar-refractivity contribution >= 4 is 46.4 Å². The summed E-state index contributed by atoms with van der Waals surface area (Å²) in [5, 5.41) is 5.55. The third-order valence-corrected chi connectivity index (χ3v) is 3.56. The number of nitrogens with one attached hydrogen (secondary N) is 2. The molecule has 1 heterocycles. The molecule has 2 N–H and O–H groups in total. The monoisotopic (exact) mass is 352 g/mol. The van der Waals surface area contributed by atoms with Crippen LogP contribution in [0.1, 0.15) is 0 Å². The topological polar surface area (TPSA) is 76.7 Å². The molecule has 8 heteroatoms. The van der Waals surface area contributed by atoms with Crippen LogP contribution in [0.4, 0.5) is 11.4 Å². The van der Waals surface area contributed by atoms with Crippen molar-refractivity contribution in [1.82, 2.24) is 0 Å². The van der Waals surface area contributed by atoms with Gasteiger partial charge in [-0.15, -0.1) is 0 Å². The van der Waals surface area contributed by atoms with Crippen LogP contribution < -0.4 is 20.1 Å². The maximum atomic E-state index is 11.9. The van der Waals surface area contributed by atoms with Crippen LogP contribution in [-0.4, -0.2) is 18.6 Å². The molecule has 0 radical (unpaired) electrons. The molecule has 0 saturated heterocycles. The first-order valence-electron chi connectivity index (χ1n) is 6.50. The van der Waals surface area contributed by atoms with Crippen molar-refractivity contribution in [2.24, 2.45) is 0 Å². The third kappa shape index (κ3) is 3.49.